The molecular formula is C21H25N5O2. The topological polar surface area (TPSA) is 72.7 Å². The van der Waals surface area contributed by atoms with Crippen LogP contribution in [0, 0.1) is 0 Å². The average Bonchev–Trinajstić information content (AvgIpc) is 3.06. The summed E-state index contributed by atoms with van der Waals surface area (Å²) in [5, 5.41) is 6.61. The van der Waals surface area contributed by atoms with Crippen molar-refractivity contribution in [1.29, 1.82) is 0 Å². The van der Waals surface area contributed by atoms with Crippen molar-refractivity contribution < 1.29 is 9.47 Å². The summed E-state index contributed by atoms with van der Waals surface area (Å²) >= 11 is 0. The molecule has 2 N–H and O–H groups in total. The molecule has 28 heavy (non-hydrogen) atoms. The number of aliphatic imine (C=N–C) groups is 1. The molecule has 1 aliphatic heterocycles. The molecule has 0 saturated heterocycles. The smallest absolute Gasteiger partial charge is 0.191 e. The summed E-state index contributed by atoms with van der Waals surface area (Å²) in [7, 11) is 2.02. The lowest BCUT2D eigenvalue weighted by Crippen LogP contribution is -2.45. The minimum absolute atomic E-state index is 0.0745. The first kappa shape index (κ1) is 18.2. The van der Waals surface area contributed by atoms with Gasteiger partial charge in [0.25, 0.3) is 0 Å². The van der Waals surface area contributed by atoms with E-state index in [1.54, 1.807) is 0 Å². The largest absolute Gasteiger partial charge is 0.486 e. The number of aromatic nitrogens is 2. The Labute approximate surface area is 164 Å². The summed E-state index contributed by atoms with van der Waals surface area (Å²) in [6, 6.07) is 15.8. The van der Waals surface area contributed by atoms with E-state index in [0.717, 1.165) is 40.9 Å². The van der Waals surface area contributed by atoms with Crippen LogP contribution in [-0.2, 0) is 13.6 Å². The average molecular weight is 379 g/mol. The number of rotatable bonds is 5. The highest BCUT2D eigenvalue weighted by Crippen LogP contribution is 2.30. The van der Waals surface area contributed by atoms with Gasteiger partial charge in [-0.05, 0) is 31.2 Å². The van der Waals surface area contributed by atoms with Crippen LogP contribution in [0.25, 0.3) is 11.0 Å². The Bertz CT molecular complexity index is 982. The lowest BCUT2D eigenvalue weighted by atomic mass is 10.2. The molecule has 2 aromatic carbocycles. The molecule has 0 spiro atoms. The first-order valence-corrected chi connectivity index (χ1v) is 9.55. The number of nitrogens with one attached hydrogen (secondary N) is 2. The van der Waals surface area contributed by atoms with Gasteiger partial charge in [-0.15, -0.1) is 0 Å². The predicted octanol–water partition coefficient (Wildman–Crippen LogP) is 2.47. The fourth-order valence-electron chi connectivity index (χ4n) is 3.20. The number of aryl methyl sites for hydroxylation is 1. The van der Waals surface area contributed by atoms with Gasteiger partial charge in [0.1, 0.15) is 25.1 Å². The molecule has 1 aliphatic rings. The summed E-state index contributed by atoms with van der Waals surface area (Å²) < 4.78 is 13.8. The number of nitrogens with zero attached hydrogens (tertiary/aromatic N) is 3. The van der Waals surface area contributed by atoms with Crippen molar-refractivity contribution in [3.63, 3.8) is 0 Å². The summed E-state index contributed by atoms with van der Waals surface area (Å²) in [4.78, 5) is 9.36. The lowest BCUT2D eigenvalue weighted by Gasteiger charge is -2.27. The third-order valence-corrected chi connectivity index (χ3v) is 4.67. The van der Waals surface area contributed by atoms with Gasteiger partial charge in [0, 0.05) is 13.6 Å². The number of hydrogen-bond acceptors (Lipinski definition) is 4. The SMILES string of the molecule is CCNC(=NCc1nc2ccccc2n1C)NCC1COc2ccccc2O1. The molecule has 7 heteroatoms. The number of guanidine groups is 1. The maximum absolute atomic E-state index is 6.00. The molecule has 0 amide bonds. The quantitative estimate of drug-likeness (QED) is 0.526. The van der Waals surface area contributed by atoms with E-state index in [9.17, 15) is 0 Å². The van der Waals surface area contributed by atoms with E-state index in [4.69, 9.17) is 9.47 Å². The number of para-hydroxylation sites is 4. The minimum atomic E-state index is -0.0745. The molecule has 0 saturated carbocycles. The van der Waals surface area contributed by atoms with Crippen molar-refractivity contribution in [2.75, 3.05) is 19.7 Å². The van der Waals surface area contributed by atoms with Gasteiger partial charge in [-0.1, -0.05) is 24.3 Å². The van der Waals surface area contributed by atoms with E-state index in [1.165, 1.54) is 0 Å². The maximum atomic E-state index is 6.00. The summed E-state index contributed by atoms with van der Waals surface area (Å²) in [6.07, 6.45) is -0.0745. The van der Waals surface area contributed by atoms with Crippen molar-refractivity contribution in [2.45, 2.75) is 19.6 Å². The van der Waals surface area contributed by atoms with E-state index in [-0.39, 0.29) is 6.10 Å². The molecule has 146 valence electrons. The van der Waals surface area contributed by atoms with E-state index in [0.29, 0.717) is 19.7 Å². The van der Waals surface area contributed by atoms with E-state index in [1.807, 2.05) is 56.4 Å². The second kappa shape index (κ2) is 8.21. The van der Waals surface area contributed by atoms with Crippen molar-refractivity contribution in [3.05, 3.63) is 54.4 Å². The lowest BCUT2D eigenvalue weighted by molar-refractivity contribution is 0.0936. The molecule has 4 rings (SSSR count). The molecule has 2 heterocycles. The zero-order valence-corrected chi connectivity index (χ0v) is 16.2. The standard InChI is InChI=1S/C21H25N5O2/c1-3-22-21(23-12-15-14-27-18-10-6-7-11-19(18)28-15)24-13-20-25-16-8-4-5-9-17(16)26(20)2/h4-11,15H,3,12-14H2,1-2H3,(H2,22,23,24). The van der Waals surface area contributed by atoms with Crippen molar-refractivity contribution in [1.82, 2.24) is 20.2 Å². The Morgan fingerprint density at radius 1 is 1.14 bits per heavy atom. The third-order valence-electron chi connectivity index (χ3n) is 4.67. The zero-order chi connectivity index (χ0) is 19.3. The third kappa shape index (κ3) is 3.88. The predicted molar refractivity (Wildman–Crippen MR) is 110 cm³/mol. The number of fused-ring (bicyclic) bond motifs is 2. The first-order valence-electron chi connectivity index (χ1n) is 9.55. The fourth-order valence-corrected chi connectivity index (χ4v) is 3.20. The van der Waals surface area contributed by atoms with Crippen LogP contribution in [0.15, 0.2) is 53.5 Å². The molecule has 7 nitrogen and oxygen atoms in total. The van der Waals surface area contributed by atoms with Gasteiger partial charge in [-0.25, -0.2) is 9.98 Å². The highest BCUT2D eigenvalue weighted by Gasteiger charge is 2.20. The zero-order valence-electron chi connectivity index (χ0n) is 16.2. The summed E-state index contributed by atoms with van der Waals surface area (Å²) in [5.41, 5.74) is 2.09. The van der Waals surface area contributed by atoms with Crippen LogP contribution < -0.4 is 20.1 Å². The monoisotopic (exact) mass is 379 g/mol. The summed E-state index contributed by atoms with van der Waals surface area (Å²) in [5.74, 6) is 3.23. The minimum Gasteiger partial charge on any atom is -0.486 e. The number of imidazole rings is 1. The van der Waals surface area contributed by atoms with Gasteiger partial charge in [0.15, 0.2) is 17.5 Å². The Balaban J connectivity index is 1.40. The van der Waals surface area contributed by atoms with E-state index in [2.05, 4.69) is 31.2 Å². The van der Waals surface area contributed by atoms with Gasteiger partial charge in [0.05, 0.1) is 17.6 Å². The molecule has 1 unspecified atom stereocenters. The van der Waals surface area contributed by atoms with Crippen LogP contribution in [0.5, 0.6) is 11.5 Å². The van der Waals surface area contributed by atoms with Crippen LogP contribution in [0.2, 0.25) is 0 Å². The van der Waals surface area contributed by atoms with E-state index >= 15 is 0 Å². The van der Waals surface area contributed by atoms with Crippen molar-refractivity contribution >= 4 is 17.0 Å². The molecule has 1 atom stereocenters. The molecule has 3 aromatic rings. The van der Waals surface area contributed by atoms with Crippen LogP contribution in [0.4, 0.5) is 0 Å². The van der Waals surface area contributed by atoms with Crippen LogP contribution in [-0.4, -0.2) is 41.3 Å². The number of benzene rings is 2. The highest BCUT2D eigenvalue weighted by molar-refractivity contribution is 5.80. The van der Waals surface area contributed by atoms with Crippen LogP contribution in [0.3, 0.4) is 0 Å². The van der Waals surface area contributed by atoms with Crippen molar-refractivity contribution in [2.24, 2.45) is 12.0 Å². The van der Waals surface area contributed by atoms with Gasteiger partial charge in [-0.2, -0.15) is 0 Å². The Morgan fingerprint density at radius 2 is 1.93 bits per heavy atom. The molecule has 0 radical (unpaired) electrons. The van der Waals surface area contributed by atoms with Crippen LogP contribution >= 0.6 is 0 Å². The van der Waals surface area contributed by atoms with Crippen LogP contribution in [0.1, 0.15) is 12.7 Å². The van der Waals surface area contributed by atoms with Gasteiger partial charge < -0.3 is 24.7 Å². The highest BCUT2D eigenvalue weighted by atomic mass is 16.6. The molecule has 1 aromatic heterocycles. The Hall–Kier alpha value is -3.22. The Morgan fingerprint density at radius 3 is 2.75 bits per heavy atom. The number of ether oxygens (including phenoxy) is 2. The van der Waals surface area contributed by atoms with Gasteiger partial charge in [-0.3, -0.25) is 0 Å². The van der Waals surface area contributed by atoms with E-state index < -0.39 is 0 Å². The molecule has 0 aliphatic carbocycles. The number of hydrogen-bond donors (Lipinski definition) is 2. The normalized spacial score (nSPS) is 16.2. The Kier molecular flexibility index (Phi) is 5.32. The second-order valence-corrected chi connectivity index (χ2v) is 6.65. The van der Waals surface area contributed by atoms with Gasteiger partial charge in [0.2, 0.25) is 0 Å². The molecule has 0 fully saturated rings. The fraction of sp³-hybridized carbons (Fsp3) is 0.333. The van der Waals surface area contributed by atoms with Crippen molar-refractivity contribution in [3.8, 4) is 11.5 Å². The molecule has 0 bridgehead atoms. The van der Waals surface area contributed by atoms with Gasteiger partial charge >= 0.3 is 0 Å². The first-order chi connectivity index (χ1) is 13.7. The maximum Gasteiger partial charge on any atom is 0.191 e. The molecular weight excluding hydrogens is 354 g/mol. The second-order valence-electron chi connectivity index (χ2n) is 6.65. The summed E-state index contributed by atoms with van der Waals surface area (Å²) in [6.45, 7) is 4.42.